The van der Waals surface area contributed by atoms with Crippen molar-refractivity contribution in [1.82, 2.24) is 15.3 Å². The minimum Gasteiger partial charge on any atom is -0.355 e. The van der Waals surface area contributed by atoms with Crippen molar-refractivity contribution in [3.63, 3.8) is 0 Å². The Morgan fingerprint density at radius 3 is 2.63 bits per heavy atom. The molecule has 4 nitrogen and oxygen atoms in total. The lowest BCUT2D eigenvalue weighted by molar-refractivity contribution is 0.666. The average molecular weight is 260 g/mol. The van der Waals surface area contributed by atoms with E-state index in [0.717, 1.165) is 43.1 Å². The summed E-state index contributed by atoms with van der Waals surface area (Å²) < 4.78 is 0. The maximum atomic E-state index is 4.60. The molecule has 0 amide bonds. The fourth-order valence-electron chi connectivity index (χ4n) is 2.32. The third kappa shape index (κ3) is 3.90. The Hall–Kier alpha value is -1.16. The topological polar surface area (TPSA) is 41.1 Å². The van der Waals surface area contributed by atoms with Crippen LogP contribution in [-0.2, 0) is 6.54 Å². The second-order valence-electron chi connectivity index (χ2n) is 5.91. The van der Waals surface area contributed by atoms with Gasteiger partial charge < -0.3 is 10.2 Å². The first-order chi connectivity index (χ1) is 9.35. The second kappa shape index (κ2) is 5.87. The lowest BCUT2D eigenvalue weighted by Crippen LogP contribution is -2.27. The maximum absolute atomic E-state index is 4.60. The zero-order valence-electron chi connectivity index (χ0n) is 11.8. The van der Waals surface area contributed by atoms with Crippen molar-refractivity contribution in [2.45, 2.75) is 51.6 Å². The number of nitrogens with one attached hydrogen (secondary N) is 1. The van der Waals surface area contributed by atoms with E-state index in [2.05, 4.69) is 27.1 Å². The third-order valence-electron chi connectivity index (χ3n) is 3.83. The number of anilines is 1. The summed E-state index contributed by atoms with van der Waals surface area (Å²) in [5.41, 5.74) is 1.05. The number of hydrogen-bond donors (Lipinski definition) is 1. The number of aromatic nitrogens is 2. The van der Waals surface area contributed by atoms with Crippen LogP contribution in [0.2, 0.25) is 0 Å². The first-order valence-electron chi connectivity index (χ1n) is 7.64. The van der Waals surface area contributed by atoms with E-state index in [-0.39, 0.29) is 0 Å². The molecule has 0 aliphatic heterocycles. The molecule has 2 aliphatic carbocycles. The molecule has 2 saturated carbocycles. The van der Waals surface area contributed by atoms with Crippen LogP contribution in [-0.4, -0.2) is 29.1 Å². The van der Waals surface area contributed by atoms with Gasteiger partial charge in [0.2, 0.25) is 0 Å². The van der Waals surface area contributed by atoms with E-state index >= 15 is 0 Å². The normalized spacial score (nSPS) is 18.6. The van der Waals surface area contributed by atoms with Gasteiger partial charge in [-0.15, -0.1) is 0 Å². The largest absolute Gasteiger partial charge is 0.355 e. The Bertz CT molecular complexity index is 395. The van der Waals surface area contributed by atoms with Crippen molar-refractivity contribution in [2.24, 2.45) is 5.92 Å². The van der Waals surface area contributed by atoms with Crippen molar-refractivity contribution >= 4 is 5.82 Å². The first kappa shape index (κ1) is 12.9. The van der Waals surface area contributed by atoms with Gasteiger partial charge in [0.15, 0.2) is 0 Å². The molecule has 1 aromatic rings. The molecule has 1 aromatic heterocycles. The molecule has 3 rings (SSSR count). The van der Waals surface area contributed by atoms with E-state index in [0.29, 0.717) is 0 Å². The van der Waals surface area contributed by atoms with Gasteiger partial charge in [-0.1, -0.05) is 6.92 Å². The highest BCUT2D eigenvalue weighted by molar-refractivity contribution is 5.36. The smallest absolute Gasteiger partial charge is 0.147 e. The van der Waals surface area contributed by atoms with Crippen molar-refractivity contribution < 1.29 is 0 Å². The van der Waals surface area contributed by atoms with E-state index in [4.69, 9.17) is 0 Å². The predicted octanol–water partition coefficient (Wildman–Crippen LogP) is 2.36. The zero-order valence-corrected chi connectivity index (χ0v) is 11.8. The predicted molar refractivity (Wildman–Crippen MR) is 77.1 cm³/mol. The molecule has 1 heterocycles. The molecule has 0 unspecified atom stereocenters. The summed E-state index contributed by atoms with van der Waals surface area (Å²) in [6.45, 7) is 5.32. The van der Waals surface area contributed by atoms with Crippen LogP contribution in [0.5, 0.6) is 0 Å². The minimum absolute atomic E-state index is 0.730. The molecule has 0 atom stereocenters. The van der Waals surface area contributed by atoms with Gasteiger partial charge in [-0.2, -0.15) is 0 Å². The van der Waals surface area contributed by atoms with Crippen LogP contribution < -0.4 is 10.2 Å². The quantitative estimate of drug-likeness (QED) is 0.779. The van der Waals surface area contributed by atoms with Crippen LogP contribution in [0, 0.1) is 5.92 Å². The molecule has 2 aliphatic rings. The van der Waals surface area contributed by atoms with Gasteiger partial charge in [-0.05, 0) is 38.0 Å². The van der Waals surface area contributed by atoms with Crippen LogP contribution >= 0.6 is 0 Å². The van der Waals surface area contributed by atoms with E-state index in [9.17, 15) is 0 Å². The monoisotopic (exact) mass is 260 g/mol. The Balaban J connectivity index is 1.57. The van der Waals surface area contributed by atoms with Crippen molar-refractivity contribution in [2.75, 3.05) is 18.0 Å². The summed E-state index contributed by atoms with van der Waals surface area (Å²) in [6.07, 6.45) is 10.4. The van der Waals surface area contributed by atoms with Crippen LogP contribution in [0.1, 0.15) is 44.7 Å². The lowest BCUT2D eigenvalue weighted by Gasteiger charge is -2.22. The SMILES string of the molecule is CCCN(CC1CC1)c1cnc(CNC2CC2)cn1. The first-order valence-corrected chi connectivity index (χ1v) is 7.64. The molecular weight excluding hydrogens is 236 g/mol. The molecule has 0 spiro atoms. The summed E-state index contributed by atoms with van der Waals surface area (Å²) >= 11 is 0. The zero-order chi connectivity index (χ0) is 13.1. The number of rotatable bonds is 8. The molecule has 0 bridgehead atoms. The van der Waals surface area contributed by atoms with E-state index in [1.165, 1.54) is 32.1 Å². The van der Waals surface area contributed by atoms with Gasteiger partial charge >= 0.3 is 0 Å². The molecule has 2 fully saturated rings. The Kier molecular flexibility index (Phi) is 3.97. The average Bonchev–Trinajstić information content (AvgIpc) is 3.31. The molecule has 0 saturated heterocycles. The minimum atomic E-state index is 0.730. The van der Waals surface area contributed by atoms with Gasteiger partial charge in [0, 0.05) is 25.7 Å². The van der Waals surface area contributed by atoms with E-state index in [1.807, 2.05) is 12.4 Å². The maximum Gasteiger partial charge on any atom is 0.147 e. The molecule has 104 valence electrons. The van der Waals surface area contributed by atoms with Gasteiger partial charge in [0.05, 0.1) is 18.1 Å². The molecule has 0 radical (unpaired) electrons. The lowest BCUT2D eigenvalue weighted by atomic mass is 10.3. The molecule has 1 N–H and O–H groups in total. The fourth-order valence-corrected chi connectivity index (χ4v) is 2.32. The van der Waals surface area contributed by atoms with Crippen LogP contribution in [0.4, 0.5) is 5.82 Å². The molecule has 0 aromatic carbocycles. The molecule has 19 heavy (non-hydrogen) atoms. The summed E-state index contributed by atoms with van der Waals surface area (Å²) in [7, 11) is 0. The van der Waals surface area contributed by atoms with Crippen LogP contribution in [0.25, 0.3) is 0 Å². The highest BCUT2D eigenvalue weighted by Crippen LogP contribution is 2.30. The third-order valence-corrected chi connectivity index (χ3v) is 3.83. The van der Waals surface area contributed by atoms with E-state index < -0.39 is 0 Å². The Labute approximate surface area is 115 Å². The van der Waals surface area contributed by atoms with Gasteiger partial charge in [-0.25, -0.2) is 4.98 Å². The number of hydrogen-bond acceptors (Lipinski definition) is 4. The van der Waals surface area contributed by atoms with Gasteiger partial charge in [-0.3, -0.25) is 4.98 Å². The Morgan fingerprint density at radius 2 is 2.05 bits per heavy atom. The van der Waals surface area contributed by atoms with E-state index in [1.54, 1.807) is 0 Å². The highest BCUT2D eigenvalue weighted by Gasteiger charge is 2.25. The van der Waals surface area contributed by atoms with Gasteiger partial charge in [0.1, 0.15) is 5.82 Å². The molecular formula is C15H24N4. The fraction of sp³-hybridized carbons (Fsp3) is 0.733. The van der Waals surface area contributed by atoms with Crippen LogP contribution in [0.3, 0.4) is 0 Å². The second-order valence-corrected chi connectivity index (χ2v) is 5.91. The van der Waals surface area contributed by atoms with Crippen molar-refractivity contribution in [3.8, 4) is 0 Å². The molecule has 4 heteroatoms. The summed E-state index contributed by atoms with van der Waals surface area (Å²) in [5.74, 6) is 1.94. The number of nitrogens with zero attached hydrogens (tertiary/aromatic N) is 3. The van der Waals surface area contributed by atoms with Crippen molar-refractivity contribution in [3.05, 3.63) is 18.1 Å². The van der Waals surface area contributed by atoms with Crippen molar-refractivity contribution in [1.29, 1.82) is 0 Å². The standard InChI is InChI=1S/C15H24N4/c1-2-7-19(11-12-3-4-12)15-10-17-14(9-18-15)8-16-13-5-6-13/h9-10,12-13,16H,2-8,11H2,1H3. The highest BCUT2D eigenvalue weighted by atomic mass is 15.2. The summed E-state index contributed by atoms with van der Waals surface area (Å²) in [4.78, 5) is 11.5. The summed E-state index contributed by atoms with van der Waals surface area (Å²) in [6, 6.07) is 0.730. The van der Waals surface area contributed by atoms with Gasteiger partial charge in [0.25, 0.3) is 0 Å². The Morgan fingerprint density at radius 1 is 1.21 bits per heavy atom. The van der Waals surface area contributed by atoms with Crippen LogP contribution in [0.15, 0.2) is 12.4 Å². The summed E-state index contributed by atoms with van der Waals surface area (Å²) in [5, 5.41) is 3.47.